The molecule has 0 aliphatic carbocycles. The zero-order valence-electron chi connectivity index (χ0n) is 13.0. The van der Waals surface area contributed by atoms with Crippen LogP contribution in [-0.4, -0.2) is 17.1 Å². The molecule has 2 aromatic rings. The van der Waals surface area contributed by atoms with Gasteiger partial charge in [0.25, 0.3) is 0 Å². The zero-order chi connectivity index (χ0) is 15.9. The van der Waals surface area contributed by atoms with Gasteiger partial charge in [-0.2, -0.15) is 0 Å². The number of carbonyl (C=O) groups is 1. The Morgan fingerprint density at radius 2 is 1.82 bits per heavy atom. The molecule has 2 rings (SSSR count). The predicted molar refractivity (Wildman–Crippen MR) is 87.0 cm³/mol. The topological polar surface area (TPSA) is 63.2 Å². The third kappa shape index (κ3) is 4.48. The molecule has 0 radical (unpaired) electrons. The number of urea groups is 1. The van der Waals surface area contributed by atoms with Gasteiger partial charge in [0, 0.05) is 6.20 Å². The molecule has 0 aliphatic rings. The van der Waals surface area contributed by atoms with Crippen molar-refractivity contribution < 1.29 is 9.53 Å². The average molecular weight is 299 g/mol. The summed E-state index contributed by atoms with van der Waals surface area (Å²) in [6.07, 6.45) is 1.62. The Balaban J connectivity index is 2.00. The molecule has 0 saturated carbocycles. The van der Waals surface area contributed by atoms with Crippen LogP contribution < -0.4 is 15.4 Å². The van der Waals surface area contributed by atoms with E-state index < -0.39 is 0 Å². The summed E-state index contributed by atoms with van der Waals surface area (Å²) in [6.45, 7) is 5.76. The van der Waals surface area contributed by atoms with Crippen LogP contribution in [0.2, 0.25) is 0 Å². The molecule has 2 amide bonds. The Morgan fingerprint density at radius 3 is 2.50 bits per heavy atom. The van der Waals surface area contributed by atoms with Crippen molar-refractivity contribution in [2.24, 2.45) is 0 Å². The van der Waals surface area contributed by atoms with Crippen LogP contribution in [0, 0.1) is 0 Å². The van der Waals surface area contributed by atoms with Gasteiger partial charge in [0.1, 0.15) is 5.69 Å². The predicted octanol–water partition coefficient (Wildman–Crippen LogP) is 3.75. The smallest absolute Gasteiger partial charge is 0.319 e. The summed E-state index contributed by atoms with van der Waals surface area (Å²) < 4.78 is 5.58. The minimum absolute atomic E-state index is 0.0123. The molecule has 5 heteroatoms. The number of hydrogen-bond donors (Lipinski definition) is 2. The van der Waals surface area contributed by atoms with Crippen molar-refractivity contribution in [3.63, 3.8) is 0 Å². The van der Waals surface area contributed by atoms with Gasteiger partial charge in [-0.15, -0.1) is 0 Å². The van der Waals surface area contributed by atoms with Crippen LogP contribution in [0.25, 0.3) is 0 Å². The Morgan fingerprint density at radius 1 is 1.09 bits per heavy atom. The number of carbonyl (C=O) groups excluding carboxylic acids is 1. The van der Waals surface area contributed by atoms with E-state index in [4.69, 9.17) is 4.74 Å². The molecule has 0 bridgehead atoms. The summed E-state index contributed by atoms with van der Waals surface area (Å²) in [5.41, 5.74) is 1.59. The van der Waals surface area contributed by atoms with Crippen molar-refractivity contribution in [1.82, 2.24) is 10.3 Å². The maximum absolute atomic E-state index is 12.1. The summed E-state index contributed by atoms with van der Waals surface area (Å²) >= 11 is 0. The molecule has 0 saturated heterocycles. The van der Waals surface area contributed by atoms with Gasteiger partial charge >= 0.3 is 6.03 Å². The lowest BCUT2D eigenvalue weighted by atomic mass is 10.1. The summed E-state index contributed by atoms with van der Waals surface area (Å²) in [5.74, 6) is 0.417. The first kappa shape index (κ1) is 15.8. The zero-order valence-corrected chi connectivity index (χ0v) is 13.0. The van der Waals surface area contributed by atoms with Gasteiger partial charge in [0.15, 0.2) is 0 Å². The number of amides is 2. The first-order valence-corrected chi connectivity index (χ1v) is 7.30. The molecule has 0 aliphatic heterocycles. The minimum Gasteiger partial charge on any atom is -0.473 e. The van der Waals surface area contributed by atoms with Crippen molar-refractivity contribution in [1.29, 1.82) is 0 Å². The second-order valence-corrected chi connectivity index (χ2v) is 5.25. The van der Waals surface area contributed by atoms with E-state index in [0.717, 1.165) is 5.56 Å². The summed E-state index contributed by atoms with van der Waals surface area (Å²) in [5, 5.41) is 5.67. The Labute approximate surface area is 130 Å². The van der Waals surface area contributed by atoms with Crippen LogP contribution in [-0.2, 0) is 0 Å². The van der Waals surface area contributed by atoms with E-state index in [-0.39, 0.29) is 18.2 Å². The van der Waals surface area contributed by atoms with Gasteiger partial charge in [-0.05, 0) is 38.5 Å². The van der Waals surface area contributed by atoms with Gasteiger partial charge in [0.2, 0.25) is 5.88 Å². The van der Waals surface area contributed by atoms with E-state index in [1.807, 2.05) is 51.1 Å². The fourth-order valence-electron chi connectivity index (χ4n) is 1.98. The van der Waals surface area contributed by atoms with Gasteiger partial charge in [-0.3, -0.25) is 0 Å². The van der Waals surface area contributed by atoms with Crippen LogP contribution in [0.4, 0.5) is 10.5 Å². The van der Waals surface area contributed by atoms with Crippen molar-refractivity contribution in [3.8, 4) is 5.88 Å². The highest BCUT2D eigenvalue weighted by Gasteiger charge is 2.12. The summed E-state index contributed by atoms with van der Waals surface area (Å²) in [7, 11) is 0. The van der Waals surface area contributed by atoms with E-state index in [1.165, 1.54) is 0 Å². The number of benzene rings is 1. The van der Waals surface area contributed by atoms with Crippen molar-refractivity contribution in [2.45, 2.75) is 32.9 Å². The first-order chi connectivity index (χ1) is 10.6. The van der Waals surface area contributed by atoms with E-state index >= 15 is 0 Å². The summed E-state index contributed by atoms with van der Waals surface area (Å²) in [6, 6.07) is 12.9. The second kappa shape index (κ2) is 7.45. The van der Waals surface area contributed by atoms with Gasteiger partial charge in [-0.1, -0.05) is 30.3 Å². The first-order valence-electron chi connectivity index (χ1n) is 7.30. The van der Waals surface area contributed by atoms with Gasteiger partial charge in [-0.25, -0.2) is 9.78 Å². The van der Waals surface area contributed by atoms with Crippen molar-refractivity contribution in [3.05, 3.63) is 54.2 Å². The SMILES string of the molecule is CC(C)Oc1ncccc1NC(=O)NC(C)c1ccccc1. The van der Waals surface area contributed by atoms with E-state index in [9.17, 15) is 4.79 Å². The lowest BCUT2D eigenvalue weighted by molar-refractivity contribution is 0.232. The molecule has 1 unspecified atom stereocenters. The standard InChI is InChI=1S/C17H21N3O2/c1-12(2)22-16-15(10-7-11-18-16)20-17(21)19-13(3)14-8-5-4-6-9-14/h4-13H,1-3H3,(H2,19,20,21). The maximum Gasteiger partial charge on any atom is 0.319 e. The van der Waals surface area contributed by atoms with Crippen LogP contribution in [0.1, 0.15) is 32.4 Å². The molecule has 5 nitrogen and oxygen atoms in total. The molecule has 22 heavy (non-hydrogen) atoms. The Bertz CT molecular complexity index is 614. The van der Waals surface area contributed by atoms with Crippen LogP contribution in [0.3, 0.4) is 0 Å². The average Bonchev–Trinajstić information content (AvgIpc) is 2.49. The lowest BCUT2D eigenvalue weighted by Crippen LogP contribution is -2.31. The van der Waals surface area contributed by atoms with Crippen molar-refractivity contribution in [2.75, 3.05) is 5.32 Å². The van der Waals surface area contributed by atoms with Crippen LogP contribution >= 0.6 is 0 Å². The Hall–Kier alpha value is -2.56. The third-order valence-corrected chi connectivity index (χ3v) is 3.01. The molecule has 1 heterocycles. The highest BCUT2D eigenvalue weighted by atomic mass is 16.5. The molecule has 1 aromatic carbocycles. The number of nitrogens with zero attached hydrogens (tertiary/aromatic N) is 1. The molecule has 1 atom stereocenters. The lowest BCUT2D eigenvalue weighted by Gasteiger charge is -2.17. The monoisotopic (exact) mass is 299 g/mol. The third-order valence-electron chi connectivity index (χ3n) is 3.01. The number of hydrogen-bond acceptors (Lipinski definition) is 3. The number of aromatic nitrogens is 1. The minimum atomic E-state index is -0.294. The Kier molecular flexibility index (Phi) is 5.36. The number of anilines is 1. The number of nitrogens with one attached hydrogen (secondary N) is 2. The molecule has 2 N–H and O–H groups in total. The molecular weight excluding hydrogens is 278 g/mol. The molecule has 0 spiro atoms. The van der Waals surface area contributed by atoms with Crippen molar-refractivity contribution >= 4 is 11.7 Å². The highest BCUT2D eigenvalue weighted by molar-refractivity contribution is 5.90. The fourth-order valence-corrected chi connectivity index (χ4v) is 1.98. The normalized spacial score (nSPS) is 11.8. The van der Waals surface area contributed by atoms with Gasteiger partial charge in [0.05, 0.1) is 12.1 Å². The number of ether oxygens (including phenoxy) is 1. The fraction of sp³-hybridized carbons (Fsp3) is 0.294. The second-order valence-electron chi connectivity index (χ2n) is 5.25. The molecule has 0 fully saturated rings. The van der Waals surface area contributed by atoms with Gasteiger partial charge < -0.3 is 15.4 Å². The van der Waals surface area contributed by atoms with Crippen LogP contribution in [0.5, 0.6) is 5.88 Å². The maximum atomic E-state index is 12.1. The number of pyridine rings is 1. The van der Waals surface area contributed by atoms with Crippen LogP contribution in [0.15, 0.2) is 48.7 Å². The molecule has 116 valence electrons. The molecule has 1 aromatic heterocycles. The number of rotatable bonds is 5. The van der Waals surface area contributed by atoms with E-state index in [1.54, 1.807) is 18.3 Å². The highest BCUT2D eigenvalue weighted by Crippen LogP contribution is 2.22. The quantitative estimate of drug-likeness (QED) is 0.883. The van der Waals surface area contributed by atoms with E-state index in [2.05, 4.69) is 15.6 Å². The summed E-state index contributed by atoms with van der Waals surface area (Å²) in [4.78, 5) is 16.3. The molecular formula is C17H21N3O2. The largest absolute Gasteiger partial charge is 0.473 e. The van der Waals surface area contributed by atoms with E-state index in [0.29, 0.717) is 11.6 Å².